The summed E-state index contributed by atoms with van der Waals surface area (Å²) in [5.41, 5.74) is 1.11. The molecule has 0 bridgehead atoms. The third kappa shape index (κ3) is 3.62. The standard InChI is InChI=1S/C14H18N4O4S/c19-14(18-5-1-2-6-18)13-7-12(9-15-13)23(20,21)17-4-3-11-8-16-22-10-11/h7-10,15,17H,1-6H2. The molecule has 1 amide bonds. The number of hydrogen-bond donors (Lipinski definition) is 2. The molecular formula is C14H18N4O4S. The minimum atomic E-state index is -3.65. The molecule has 2 aromatic rings. The van der Waals surface area contributed by atoms with E-state index >= 15 is 0 Å². The molecule has 0 aromatic carbocycles. The van der Waals surface area contributed by atoms with Crippen LogP contribution in [0.4, 0.5) is 0 Å². The predicted molar refractivity (Wildman–Crippen MR) is 81.3 cm³/mol. The van der Waals surface area contributed by atoms with Crippen molar-refractivity contribution in [2.24, 2.45) is 0 Å². The van der Waals surface area contributed by atoms with Gasteiger partial charge in [-0.1, -0.05) is 5.16 Å². The highest BCUT2D eigenvalue weighted by molar-refractivity contribution is 7.89. The molecule has 0 aliphatic carbocycles. The molecule has 1 aliphatic rings. The summed E-state index contributed by atoms with van der Waals surface area (Å²) in [6.45, 7) is 1.66. The van der Waals surface area contributed by atoms with Crippen LogP contribution in [0.5, 0.6) is 0 Å². The van der Waals surface area contributed by atoms with E-state index in [9.17, 15) is 13.2 Å². The lowest BCUT2D eigenvalue weighted by atomic mass is 10.3. The summed E-state index contributed by atoms with van der Waals surface area (Å²) in [6, 6.07) is 1.38. The molecule has 0 atom stereocenters. The number of carbonyl (C=O) groups is 1. The van der Waals surface area contributed by atoms with Crippen LogP contribution in [0, 0.1) is 0 Å². The summed E-state index contributed by atoms with van der Waals surface area (Å²) in [6.07, 6.45) is 6.80. The normalized spacial score (nSPS) is 15.2. The number of amides is 1. The topological polar surface area (TPSA) is 108 Å². The van der Waals surface area contributed by atoms with Crippen molar-refractivity contribution in [3.8, 4) is 0 Å². The van der Waals surface area contributed by atoms with E-state index in [1.165, 1.54) is 24.7 Å². The SMILES string of the molecule is O=C(c1cc(S(=O)(=O)NCCc2cnoc2)c[nH]1)N1CCCC1. The Morgan fingerprint density at radius 3 is 2.87 bits per heavy atom. The molecule has 0 spiro atoms. The summed E-state index contributed by atoms with van der Waals surface area (Å²) < 4.78 is 31.6. The van der Waals surface area contributed by atoms with Gasteiger partial charge >= 0.3 is 0 Å². The Kier molecular flexibility index (Phi) is 4.49. The molecule has 3 heterocycles. The van der Waals surface area contributed by atoms with Crippen LogP contribution in [0.25, 0.3) is 0 Å². The molecule has 23 heavy (non-hydrogen) atoms. The summed E-state index contributed by atoms with van der Waals surface area (Å²) in [4.78, 5) is 16.8. The van der Waals surface area contributed by atoms with Gasteiger partial charge < -0.3 is 14.4 Å². The highest BCUT2D eigenvalue weighted by Gasteiger charge is 2.23. The van der Waals surface area contributed by atoms with Gasteiger partial charge in [0.1, 0.15) is 16.9 Å². The maximum atomic E-state index is 12.2. The van der Waals surface area contributed by atoms with Gasteiger partial charge in [0, 0.05) is 31.4 Å². The first-order chi connectivity index (χ1) is 11.1. The highest BCUT2D eigenvalue weighted by Crippen LogP contribution is 2.15. The third-order valence-corrected chi connectivity index (χ3v) is 5.22. The molecule has 1 saturated heterocycles. The van der Waals surface area contributed by atoms with E-state index in [4.69, 9.17) is 0 Å². The molecule has 9 heteroatoms. The zero-order valence-corrected chi connectivity index (χ0v) is 13.3. The fraction of sp³-hybridized carbons (Fsp3) is 0.429. The van der Waals surface area contributed by atoms with Crippen molar-refractivity contribution < 1.29 is 17.7 Å². The van der Waals surface area contributed by atoms with Crippen LogP contribution in [0.3, 0.4) is 0 Å². The van der Waals surface area contributed by atoms with Crippen molar-refractivity contribution in [3.63, 3.8) is 0 Å². The molecule has 1 fully saturated rings. The summed E-state index contributed by atoms with van der Waals surface area (Å²) in [7, 11) is -3.65. The fourth-order valence-corrected chi connectivity index (χ4v) is 3.53. The molecule has 124 valence electrons. The molecule has 0 radical (unpaired) electrons. The Morgan fingerprint density at radius 2 is 2.17 bits per heavy atom. The van der Waals surface area contributed by atoms with E-state index in [-0.39, 0.29) is 17.3 Å². The molecule has 8 nitrogen and oxygen atoms in total. The van der Waals surface area contributed by atoms with E-state index in [1.807, 2.05) is 0 Å². The number of H-pyrrole nitrogens is 1. The van der Waals surface area contributed by atoms with E-state index < -0.39 is 10.0 Å². The fourth-order valence-electron chi connectivity index (χ4n) is 2.51. The number of hydrogen-bond acceptors (Lipinski definition) is 5. The van der Waals surface area contributed by atoms with Gasteiger partial charge in [0.05, 0.1) is 6.20 Å². The number of nitrogens with zero attached hydrogens (tertiary/aromatic N) is 2. The number of rotatable bonds is 6. The highest BCUT2D eigenvalue weighted by atomic mass is 32.2. The van der Waals surface area contributed by atoms with E-state index in [0.717, 1.165) is 31.5 Å². The Morgan fingerprint density at radius 1 is 1.39 bits per heavy atom. The number of sulfonamides is 1. The quantitative estimate of drug-likeness (QED) is 0.808. The summed E-state index contributed by atoms with van der Waals surface area (Å²) in [5.74, 6) is -0.159. The zero-order chi connectivity index (χ0) is 16.3. The average molecular weight is 338 g/mol. The molecule has 0 unspecified atom stereocenters. The van der Waals surface area contributed by atoms with E-state index in [1.54, 1.807) is 4.90 Å². The smallest absolute Gasteiger partial charge is 0.270 e. The maximum Gasteiger partial charge on any atom is 0.270 e. The molecule has 0 saturated carbocycles. The van der Waals surface area contributed by atoms with E-state index in [0.29, 0.717) is 12.1 Å². The summed E-state index contributed by atoms with van der Waals surface area (Å²) >= 11 is 0. The van der Waals surface area contributed by atoms with Gasteiger partial charge in [-0.3, -0.25) is 4.79 Å². The van der Waals surface area contributed by atoms with Crippen LogP contribution in [0.2, 0.25) is 0 Å². The first-order valence-corrected chi connectivity index (χ1v) is 8.90. The second-order valence-electron chi connectivity index (χ2n) is 5.43. The predicted octanol–water partition coefficient (Wildman–Crippen LogP) is 0.760. The van der Waals surface area contributed by atoms with Crippen LogP contribution in [-0.4, -0.2) is 49.0 Å². The number of nitrogens with one attached hydrogen (secondary N) is 2. The lowest BCUT2D eigenvalue weighted by Crippen LogP contribution is -2.28. The Labute approximate surface area is 133 Å². The largest absolute Gasteiger partial charge is 0.364 e. The van der Waals surface area contributed by atoms with Gasteiger partial charge in [-0.15, -0.1) is 0 Å². The number of carbonyl (C=O) groups excluding carboxylic acids is 1. The van der Waals surface area contributed by atoms with Crippen molar-refractivity contribution in [1.29, 1.82) is 0 Å². The molecule has 1 aliphatic heterocycles. The van der Waals surface area contributed by atoms with Crippen LogP contribution in [-0.2, 0) is 16.4 Å². The lowest BCUT2D eigenvalue weighted by Gasteiger charge is -2.13. The van der Waals surface area contributed by atoms with Crippen LogP contribution in [0.1, 0.15) is 28.9 Å². The number of likely N-dealkylation sites (tertiary alicyclic amines) is 1. The van der Waals surface area contributed by atoms with E-state index in [2.05, 4.69) is 19.4 Å². The van der Waals surface area contributed by atoms with Gasteiger partial charge in [-0.2, -0.15) is 0 Å². The van der Waals surface area contributed by atoms with Crippen LogP contribution >= 0.6 is 0 Å². The summed E-state index contributed by atoms with van der Waals surface area (Å²) in [5, 5.41) is 3.56. The second-order valence-corrected chi connectivity index (χ2v) is 7.20. The van der Waals surface area contributed by atoms with Gasteiger partial charge in [0.25, 0.3) is 5.91 Å². The first-order valence-electron chi connectivity index (χ1n) is 7.42. The van der Waals surface area contributed by atoms with Crippen molar-refractivity contribution in [2.75, 3.05) is 19.6 Å². The van der Waals surface area contributed by atoms with Crippen molar-refractivity contribution in [3.05, 3.63) is 36.0 Å². The number of aromatic nitrogens is 2. The van der Waals surface area contributed by atoms with Gasteiger partial charge in [-0.05, 0) is 25.3 Å². The molecular weight excluding hydrogens is 320 g/mol. The minimum Gasteiger partial charge on any atom is -0.364 e. The first kappa shape index (κ1) is 15.8. The molecule has 2 aromatic heterocycles. The van der Waals surface area contributed by atoms with Gasteiger partial charge in [0.2, 0.25) is 10.0 Å². The molecule has 2 N–H and O–H groups in total. The average Bonchev–Trinajstić information content (AvgIpc) is 3.27. The van der Waals surface area contributed by atoms with Crippen LogP contribution < -0.4 is 4.72 Å². The Bertz CT molecular complexity index is 761. The molecule has 3 rings (SSSR count). The maximum absolute atomic E-state index is 12.2. The van der Waals surface area contributed by atoms with Gasteiger partial charge in [-0.25, -0.2) is 13.1 Å². The van der Waals surface area contributed by atoms with Crippen molar-refractivity contribution in [1.82, 2.24) is 19.8 Å². The second kappa shape index (κ2) is 6.55. The number of aromatic amines is 1. The van der Waals surface area contributed by atoms with Crippen LogP contribution in [0.15, 0.2) is 34.1 Å². The Balaban J connectivity index is 1.62. The van der Waals surface area contributed by atoms with Gasteiger partial charge in [0.15, 0.2) is 0 Å². The lowest BCUT2D eigenvalue weighted by molar-refractivity contribution is 0.0787. The third-order valence-electron chi connectivity index (χ3n) is 3.78. The minimum absolute atomic E-state index is 0.0605. The monoisotopic (exact) mass is 338 g/mol. The van der Waals surface area contributed by atoms with Crippen molar-refractivity contribution in [2.45, 2.75) is 24.2 Å². The van der Waals surface area contributed by atoms with Crippen molar-refractivity contribution >= 4 is 15.9 Å². The Hall–Kier alpha value is -2.13. The zero-order valence-electron chi connectivity index (χ0n) is 12.5.